The first kappa shape index (κ1) is 21.8. The SMILES string of the molecule is CCC(CC)C(=O)N1CCC(N2CCCC(C(=O)NCc3ccccn3)C2)CC1. The third-order valence-electron chi connectivity index (χ3n) is 6.62. The Kier molecular flexibility index (Phi) is 8.04. The lowest BCUT2D eigenvalue weighted by Gasteiger charge is -2.42. The van der Waals surface area contributed by atoms with Crippen LogP contribution in [0.1, 0.15) is 58.1 Å². The summed E-state index contributed by atoms with van der Waals surface area (Å²) < 4.78 is 0. The predicted molar refractivity (Wildman–Crippen MR) is 114 cm³/mol. The van der Waals surface area contributed by atoms with Gasteiger partial charge in [-0.2, -0.15) is 0 Å². The molecule has 3 rings (SSSR count). The molecule has 2 aliphatic rings. The van der Waals surface area contributed by atoms with Crippen molar-refractivity contribution in [2.24, 2.45) is 11.8 Å². The molecule has 6 nitrogen and oxygen atoms in total. The van der Waals surface area contributed by atoms with Gasteiger partial charge in [0.2, 0.25) is 11.8 Å². The zero-order valence-corrected chi connectivity index (χ0v) is 18.0. The first-order chi connectivity index (χ1) is 14.1. The van der Waals surface area contributed by atoms with E-state index < -0.39 is 0 Å². The molecule has 0 spiro atoms. The van der Waals surface area contributed by atoms with Gasteiger partial charge < -0.3 is 10.2 Å². The van der Waals surface area contributed by atoms with Crippen LogP contribution in [0.25, 0.3) is 0 Å². The molecule has 1 unspecified atom stereocenters. The van der Waals surface area contributed by atoms with E-state index in [4.69, 9.17) is 0 Å². The van der Waals surface area contributed by atoms with Crippen LogP contribution in [0, 0.1) is 11.8 Å². The van der Waals surface area contributed by atoms with Crippen molar-refractivity contribution < 1.29 is 9.59 Å². The van der Waals surface area contributed by atoms with Crippen LogP contribution >= 0.6 is 0 Å². The zero-order valence-electron chi connectivity index (χ0n) is 18.0. The number of carbonyl (C=O) groups excluding carboxylic acids is 2. The molecule has 2 saturated heterocycles. The molecule has 1 atom stereocenters. The van der Waals surface area contributed by atoms with Gasteiger partial charge in [0.05, 0.1) is 18.2 Å². The van der Waals surface area contributed by atoms with E-state index >= 15 is 0 Å². The number of hydrogen-bond acceptors (Lipinski definition) is 4. The minimum Gasteiger partial charge on any atom is -0.350 e. The highest BCUT2D eigenvalue weighted by Crippen LogP contribution is 2.25. The number of nitrogens with zero attached hydrogens (tertiary/aromatic N) is 3. The number of nitrogens with one attached hydrogen (secondary N) is 1. The Morgan fingerprint density at radius 1 is 1.14 bits per heavy atom. The Morgan fingerprint density at radius 3 is 2.55 bits per heavy atom. The molecule has 3 heterocycles. The molecule has 0 saturated carbocycles. The standard InChI is InChI=1S/C23H36N4O2/c1-3-18(4-2)23(29)26-14-10-21(11-15-26)27-13-7-8-19(17-27)22(28)25-16-20-9-5-6-12-24-20/h5-6,9,12,18-19,21H,3-4,7-8,10-11,13-17H2,1-2H3,(H,25,28). The highest BCUT2D eigenvalue weighted by molar-refractivity contribution is 5.79. The highest BCUT2D eigenvalue weighted by atomic mass is 16.2. The maximum absolute atomic E-state index is 12.7. The summed E-state index contributed by atoms with van der Waals surface area (Å²) in [4.78, 5) is 34.1. The molecule has 0 radical (unpaired) electrons. The Morgan fingerprint density at radius 2 is 1.90 bits per heavy atom. The average Bonchev–Trinajstić information content (AvgIpc) is 2.79. The van der Waals surface area contributed by atoms with Crippen LogP contribution in [-0.2, 0) is 16.1 Å². The van der Waals surface area contributed by atoms with E-state index in [2.05, 4.69) is 33.9 Å². The smallest absolute Gasteiger partial charge is 0.225 e. The van der Waals surface area contributed by atoms with Crippen LogP contribution in [0.4, 0.5) is 0 Å². The topological polar surface area (TPSA) is 65.5 Å². The lowest BCUT2D eigenvalue weighted by Crippen LogP contribution is -2.52. The van der Waals surface area contributed by atoms with Gasteiger partial charge in [-0.1, -0.05) is 19.9 Å². The fourth-order valence-corrected chi connectivity index (χ4v) is 4.72. The van der Waals surface area contributed by atoms with E-state index in [9.17, 15) is 9.59 Å². The largest absolute Gasteiger partial charge is 0.350 e. The van der Waals surface area contributed by atoms with Crippen LogP contribution in [0.15, 0.2) is 24.4 Å². The second kappa shape index (κ2) is 10.7. The van der Waals surface area contributed by atoms with E-state index in [1.54, 1.807) is 6.20 Å². The predicted octanol–water partition coefficient (Wildman–Crippen LogP) is 2.84. The summed E-state index contributed by atoms with van der Waals surface area (Å²) >= 11 is 0. The quantitative estimate of drug-likeness (QED) is 0.764. The molecular weight excluding hydrogens is 364 g/mol. The van der Waals surface area contributed by atoms with Crippen molar-refractivity contribution in [3.05, 3.63) is 30.1 Å². The maximum atomic E-state index is 12.7. The van der Waals surface area contributed by atoms with E-state index in [-0.39, 0.29) is 17.7 Å². The summed E-state index contributed by atoms with van der Waals surface area (Å²) in [7, 11) is 0. The third kappa shape index (κ3) is 5.78. The van der Waals surface area contributed by atoms with Gasteiger partial charge in [-0.05, 0) is 57.2 Å². The van der Waals surface area contributed by atoms with Crippen molar-refractivity contribution in [3.8, 4) is 0 Å². The van der Waals surface area contributed by atoms with E-state index in [1.807, 2.05) is 18.2 Å². The molecule has 1 aromatic heterocycles. The number of aromatic nitrogens is 1. The lowest BCUT2D eigenvalue weighted by molar-refractivity contribution is -0.137. The lowest BCUT2D eigenvalue weighted by atomic mass is 9.92. The van der Waals surface area contributed by atoms with Crippen molar-refractivity contribution in [2.75, 3.05) is 26.2 Å². The fourth-order valence-electron chi connectivity index (χ4n) is 4.72. The maximum Gasteiger partial charge on any atom is 0.225 e. The molecule has 2 amide bonds. The van der Waals surface area contributed by atoms with Crippen LogP contribution in [0.3, 0.4) is 0 Å². The number of rotatable bonds is 7. The van der Waals surface area contributed by atoms with Gasteiger partial charge in [0.15, 0.2) is 0 Å². The van der Waals surface area contributed by atoms with Gasteiger partial charge in [-0.25, -0.2) is 0 Å². The molecule has 160 valence electrons. The van der Waals surface area contributed by atoms with Crippen LogP contribution in [0.2, 0.25) is 0 Å². The first-order valence-corrected chi connectivity index (χ1v) is 11.3. The number of carbonyl (C=O) groups is 2. The van der Waals surface area contributed by atoms with Gasteiger partial charge in [0, 0.05) is 37.8 Å². The molecule has 2 aliphatic heterocycles. The minimum absolute atomic E-state index is 0.0525. The van der Waals surface area contributed by atoms with Gasteiger partial charge in [0.1, 0.15) is 0 Å². The van der Waals surface area contributed by atoms with Gasteiger partial charge in [-0.3, -0.25) is 19.5 Å². The normalized spacial score (nSPS) is 21.3. The Balaban J connectivity index is 1.46. The molecule has 0 aromatic carbocycles. The Bertz CT molecular complexity index is 654. The summed E-state index contributed by atoms with van der Waals surface area (Å²) in [6.07, 6.45) is 7.67. The van der Waals surface area contributed by atoms with E-state index in [0.29, 0.717) is 18.5 Å². The molecule has 29 heavy (non-hydrogen) atoms. The van der Waals surface area contributed by atoms with Crippen LogP contribution < -0.4 is 5.32 Å². The molecule has 0 bridgehead atoms. The van der Waals surface area contributed by atoms with Crippen LogP contribution in [-0.4, -0.2) is 58.8 Å². The van der Waals surface area contributed by atoms with Gasteiger partial charge in [-0.15, -0.1) is 0 Å². The molecule has 0 aliphatic carbocycles. The molecule has 1 N–H and O–H groups in total. The summed E-state index contributed by atoms with van der Waals surface area (Å²) in [5.41, 5.74) is 0.892. The number of piperidine rings is 2. The molecule has 2 fully saturated rings. The summed E-state index contributed by atoms with van der Waals surface area (Å²) in [6.45, 7) is 8.30. The number of hydrogen-bond donors (Lipinski definition) is 1. The van der Waals surface area contributed by atoms with Gasteiger partial charge in [0.25, 0.3) is 0 Å². The van der Waals surface area contributed by atoms with Crippen molar-refractivity contribution in [1.82, 2.24) is 20.1 Å². The second-order valence-electron chi connectivity index (χ2n) is 8.44. The minimum atomic E-state index is 0.0525. The van der Waals surface area contributed by atoms with E-state index in [1.165, 1.54) is 0 Å². The summed E-state index contributed by atoms with van der Waals surface area (Å²) in [5, 5.41) is 3.06. The van der Waals surface area contributed by atoms with Crippen molar-refractivity contribution in [1.29, 1.82) is 0 Å². The summed E-state index contributed by atoms with van der Waals surface area (Å²) in [6, 6.07) is 6.25. The van der Waals surface area contributed by atoms with Crippen molar-refractivity contribution in [2.45, 2.75) is 65.0 Å². The monoisotopic (exact) mass is 400 g/mol. The van der Waals surface area contributed by atoms with Crippen molar-refractivity contribution in [3.63, 3.8) is 0 Å². The Hall–Kier alpha value is -1.95. The average molecular weight is 401 g/mol. The third-order valence-corrected chi connectivity index (χ3v) is 6.62. The zero-order chi connectivity index (χ0) is 20.6. The number of pyridine rings is 1. The second-order valence-corrected chi connectivity index (χ2v) is 8.44. The number of amides is 2. The molecule has 6 heteroatoms. The summed E-state index contributed by atoms with van der Waals surface area (Å²) in [5.74, 6) is 0.700. The van der Waals surface area contributed by atoms with Gasteiger partial charge >= 0.3 is 0 Å². The highest BCUT2D eigenvalue weighted by Gasteiger charge is 2.33. The fraction of sp³-hybridized carbons (Fsp3) is 0.696. The molecule has 1 aromatic rings. The Labute approximate surface area is 175 Å². The van der Waals surface area contributed by atoms with Crippen LogP contribution in [0.5, 0.6) is 0 Å². The molecular formula is C23H36N4O2. The van der Waals surface area contributed by atoms with E-state index in [0.717, 1.165) is 70.4 Å². The first-order valence-electron chi connectivity index (χ1n) is 11.3. The number of likely N-dealkylation sites (tertiary alicyclic amines) is 2. The van der Waals surface area contributed by atoms with Crippen molar-refractivity contribution >= 4 is 11.8 Å².